The molecule has 4 aliphatic heterocycles. The van der Waals surface area contributed by atoms with Gasteiger partial charge in [0.1, 0.15) is 11.5 Å². The van der Waals surface area contributed by atoms with Crippen molar-refractivity contribution in [2.24, 2.45) is 11.8 Å². The highest BCUT2D eigenvalue weighted by Gasteiger charge is 2.60. The standard InChI is InChI=1S/C25H23F2N5O4S.C19H17F2N3O3S.C6H8N2O2/c1-30-22-9-16(4-5-21(22)32(37(30,34)35)13-18-10-25(18,26)27)19-8-15(2-3-17(19)11-28)12-31-7-6-23-20(14-31)24(33)29-36-23;1-23-18-7-13(16-6-12(11-25)2-3-14(16)9-22)4-5-17(18)24(28(23,26)27)10-15-8-19(15,20)21;9-6-4-3-7-2-1-5(4)10-8-6/h2-5,8-9,18H,6-7,10,12-14H2,1H3,(H,29,33);2-7,15,25H,8,10-11H2,1H3;7H,1-3H2,(H,8,9). The van der Waals surface area contributed by atoms with Gasteiger partial charge in [-0.3, -0.25) is 31.7 Å². The molecule has 25 heteroatoms. The number of H-pyrrole nitrogens is 2. The van der Waals surface area contributed by atoms with Crippen LogP contribution < -0.4 is 33.7 Å². The van der Waals surface area contributed by atoms with Crippen LogP contribution in [0, 0.1) is 34.5 Å². The first-order valence-corrected chi connectivity index (χ1v) is 26.5. The molecule has 4 N–H and O–H groups in total. The molecule has 0 bridgehead atoms. The maximum atomic E-state index is 13.5. The van der Waals surface area contributed by atoms with Gasteiger partial charge in [0.25, 0.3) is 23.0 Å². The molecule has 2 fully saturated rings. The summed E-state index contributed by atoms with van der Waals surface area (Å²) in [5.74, 6) is -6.13. The first-order valence-electron chi connectivity index (χ1n) is 23.7. The van der Waals surface area contributed by atoms with E-state index in [1.807, 2.05) is 12.1 Å². The molecule has 2 unspecified atom stereocenters. The zero-order chi connectivity index (χ0) is 53.4. The first-order chi connectivity index (χ1) is 35.6. The van der Waals surface area contributed by atoms with Gasteiger partial charge in [0.15, 0.2) is 0 Å². The Kier molecular flexibility index (Phi) is 13.0. The van der Waals surface area contributed by atoms with Crippen molar-refractivity contribution in [2.75, 3.05) is 57.5 Å². The molecular weight excluding hydrogens is 1020 g/mol. The van der Waals surface area contributed by atoms with E-state index in [1.165, 1.54) is 14.1 Å². The number of nitrogens with one attached hydrogen (secondary N) is 3. The van der Waals surface area contributed by atoms with E-state index < -0.39 is 44.1 Å². The largest absolute Gasteiger partial charge is 0.392 e. The molecule has 0 radical (unpaired) electrons. The number of hydrogen-bond acceptors (Lipinski definition) is 13. The second-order valence-corrected chi connectivity index (χ2v) is 22.9. The number of aromatic nitrogens is 2. The predicted molar refractivity (Wildman–Crippen MR) is 266 cm³/mol. The van der Waals surface area contributed by atoms with Crippen LogP contribution in [0.4, 0.5) is 40.3 Å². The lowest BCUT2D eigenvalue weighted by Crippen LogP contribution is -2.37. The molecule has 0 amide bonds. The van der Waals surface area contributed by atoms with Crippen LogP contribution >= 0.6 is 0 Å². The number of aromatic amines is 2. The number of halogens is 4. The molecular formula is C50H48F4N10O9S2. The predicted octanol–water partition coefficient (Wildman–Crippen LogP) is 5.71. The second-order valence-electron chi connectivity index (χ2n) is 19.1. The van der Waals surface area contributed by atoms with Crippen LogP contribution in [-0.4, -0.2) is 89.3 Å². The number of alkyl halides is 4. The highest BCUT2D eigenvalue weighted by atomic mass is 32.2. The summed E-state index contributed by atoms with van der Waals surface area (Å²) >= 11 is 0. The number of nitrogens with zero attached hydrogens (tertiary/aromatic N) is 7. The highest BCUT2D eigenvalue weighted by Crippen LogP contribution is 2.53. The Labute approximate surface area is 427 Å². The topological polar surface area (TPSA) is 256 Å². The van der Waals surface area contributed by atoms with Crippen LogP contribution in [0.25, 0.3) is 22.3 Å². The van der Waals surface area contributed by atoms with E-state index in [1.54, 1.807) is 60.7 Å². The van der Waals surface area contributed by atoms with Crippen molar-refractivity contribution in [3.05, 3.63) is 138 Å². The van der Waals surface area contributed by atoms with Crippen LogP contribution in [0.1, 0.15) is 57.7 Å². The third-order valence-corrected chi connectivity index (χ3v) is 17.9. The second kappa shape index (κ2) is 19.1. The molecule has 2 atom stereocenters. The molecule has 0 spiro atoms. The summed E-state index contributed by atoms with van der Waals surface area (Å²) in [5.41, 5.74) is 7.28. The highest BCUT2D eigenvalue weighted by molar-refractivity contribution is 7.95. The summed E-state index contributed by atoms with van der Waals surface area (Å²) < 4.78 is 119. The molecule has 6 aromatic rings. The molecule has 19 nitrogen and oxygen atoms in total. The quantitative estimate of drug-likeness (QED) is 0.127. The fourth-order valence-electron chi connectivity index (χ4n) is 9.70. The molecule has 2 aromatic heterocycles. The Morgan fingerprint density at radius 2 is 1.16 bits per heavy atom. The van der Waals surface area contributed by atoms with E-state index in [0.29, 0.717) is 106 Å². The lowest BCUT2D eigenvalue weighted by Gasteiger charge is -2.25. The smallest absolute Gasteiger partial charge is 0.326 e. The Hall–Kier alpha value is -7.42. The molecule has 0 saturated heterocycles. The van der Waals surface area contributed by atoms with Gasteiger partial charge in [-0.25, -0.2) is 17.6 Å². The van der Waals surface area contributed by atoms with Gasteiger partial charge in [0, 0.05) is 97.4 Å². The molecule has 6 aliphatic rings. The van der Waals surface area contributed by atoms with E-state index >= 15 is 0 Å². The van der Waals surface area contributed by atoms with Crippen molar-refractivity contribution in [2.45, 2.75) is 63.8 Å². The summed E-state index contributed by atoms with van der Waals surface area (Å²) in [7, 11) is -5.13. The number of anilines is 4. The minimum atomic E-state index is -3.97. The van der Waals surface area contributed by atoms with Gasteiger partial charge in [0.2, 0.25) is 0 Å². The molecule has 12 rings (SSSR count). The minimum Gasteiger partial charge on any atom is -0.392 e. The minimum absolute atomic E-state index is 0.0952. The molecule has 2 aliphatic carbocycles. The molecule has 392 valence electrons. The third kappa shape index (κ3) is 9.54. The third-order valence-electron chi connectivity index (χ3n) is 14.3. The number of aliphatic hydroxyl groups is 1. The first kappa shape index (κ1) is 51.1. The maximum Gasteiger partial charge on any atom is 0.326 e. The van der Waals surface area contributed by atoms with Crippen molar-refractivity contribution in [3.63, 3.8) is 0 Å². The average Bonchev–Trinajstić information content (AvgIpc) is 3.96. The summed E-state index contributed by atoms with van der Waals surface area (Å²) in [4.78, 5) is 25.0. The Balaban J connectivity index is 0.000000148. The van der Waals surface area contributed by atoms with E-state index in [-0.39, 0.29) is 43.7 Å². The van der Waals surface area contributed by atoms with Gasteiger partial charge in [-0.1, -0.05) is 24.3 Å². The number of aliphatic hydroxyl groups excluding tert-OH is 1. The number of benzene rings is 4. The van der Waals surface area contributed by atoms with Crippen LogP contribution in [0.3, 0.4) is 0 Å². The number of nitriles is 2. The van der Waals surface area contributed by atoms with Crippen LogP contribution in [0.5, 0.6) is 0 Å². The van der Waals surface area contributed by atoms with Crippen molar-refractivity contribution in [1.82, 2.24) is 20.5 Å². The van der Waals surface area contributed by atoms with Crippen molar-refractivity contribution >= 4 is 43.2 Å². The lowest BCUT2D eigenvalue weighted by atomic mass is 9.96. The van der Waals surface area contributed by atoms with Gasteiger partial charge in [-0.05, 0) is 81.9 Å². The van der Waals surface area contributed by atoms with Gasteiger partial charge >= 0.3 is 20.4 Å². The summed E-state index contributed by atoms with van der Waals surface area (Å²) in [6.45, 7) is 2.51. The van der Waals surface area contributed by atoms with E-state index in [9.17, 15) is 59.6 Å². The Bertz CT molecular complexity index is 3700. The van der Waals surface area contributed by atoms with Gasteiger partial charge in [-0.2, -0.15) is 37.7 Å². The molecule has 2 saturated carbocycles. The van der Waals surface area contributed by atoms with Crippen molar-refractivity contribution < 1.29 is 48.5 Å². The van der Waals surface area contributed by atoms with Crippen molar-refractivity contribution in [3.8, 4) is 34.4 Å². The fraction of sp³-hybridized carbons (Fsp3) is 0.360. The number of fused-ring (bicyclic) bond motifs is 4. The summed E-state index contributed by atoms with van der Waals surface area (Å²) in [6.07, 6.45) is 0.803. The maximum absolute atomic E-state index is 13.5. The average molecular weight is 1070 g/mol. The zero-order valence-corrected chi connectivity index (χ0v) is 41.9. The Morgan fingerprint density at radius 1 is 0.680 bits per heavy atom. The SMILES string of the molecule is CN1c2cc(-c3cc(CN4CCc5o[nH]c(=O)c5C4)ccc3C#N)ccc2N(CC2CC2(F)F)S1(=O)=O.CN1c2cc(-c3cc(CO)ccc3C#N)ccc2N(CC2CC2(F)F)S1(=O)=O.O=c1[nH]oc2c1CNCC2. The van der Waals surface area contributed by atoms with E-state index in [4.69, 9.17) is 9.05 Å². The van der Waals surface area contributed by atoms with Gasteiger partial charge in [-0.15, -0.1) is 0 Å². The zero-order valence-electron chi connectivity index (χ0n) is 40.2. The Morgan fingerprint density at radius 3 is 1.64 bits per heavy atom. The van der Waals surface area contributed by atoms with Gasteiger partial charge in [0.05, 0.1) is 63.7 Å². The molecule has 75 heavy (non-hydrogen) atoms. The fourth-order valence-corrected chi connectivity index (χ4v) is 12.6. The normalized spacial score (nSPS) is 20.8. The lowest BCUT2D eigenvalue weighted by molar-refractivity contribution is 0.1000. The molecule has 6 heterocycles. The van der Waals surface area contributed by atoms with E-state index in [2.05, 4.69) is 32.7 Å². The summed E-state index contributed by atoms with van der Waals surface area (Å²) in [5, 5.41) is 36.3. The van der Waals surface area contributed by atoms with Crippen LogP contribution in [0.15, 0.2) is 91.4 Å². The van der Waals surface area contributed by atoms with Gasteiger partial charge < -0.3 is 19.5 Å². The van der Waals surface area contributed by atoms with Crippen LogP contribution in [0.2, 0.25) is 0 Å². The van der Waals surface area contributed by atoms with Crippen molar-refractivity contribution in [1.29, 1.82) is 10.5 Å². The monoisotopic (exact) mass is 1070 g/mol. The molecule has 4 aromatic carbocycles. The number of rotatable bonds is 9. The van der Waals surface area contributed by atoms with Crippen LogP contribution in [-0.2, 0) is 59.5 Å². The van der Waals surface area contributed by atoms with E-state index in [0.717, 1.165) is 47.1 Å². The number of hydrogen-bond donors (Lipinski definition) is 4. The summed E-state index contributed by atoms with van der Waals surface area (Å²) in [6, 6.07) is 24.5.